The minimum Gasteiger partial charge on any atom is -0.496 e. The number of aryl methyl sites for hydroxylation is 2. The molecule has 3 heterocycles. The molecule has 0 atom stereocenters. The Balaban J connectivity index is 1.97. The third-order valence-corrected chi connectivity index (χ3v) is 4.24. The van der Waals surface area contributed by atoms with Crippen molar-refractivity contribution in [2.75, 3.05) is 7.11 Å². The molecule has 0 spiro atoms. The normalized spacial score (nSPS) is 13.1. The van der Waals surface area contributed by atoms with Crippen LogP contribution in [0.15, 0.2) is 36.4 Å². The van der Waals surface area contributed by atoms with E-state index < -0.39 is 0 Å². The zero-order valence-electron chi connectivity index (χ0n) is 13.3. The Hall–Kier alpha value is -2.69. The lowest BCUT2D eigenvalue weighted by Gasteiger charge is -2.14. The highest BCUT2D eigenvalue weighted by atomic mass is 16.5. The lowest BCUT2D eigenvalue weighted by atomic mass is 10.1. The molecule has 1 aromatic carbocycles. The van der Waals surface area contributed by atoms with Gasteiger partial charge in [-0.3, -0.25) is 4.57 Å². The maximum atomic E-state index is 5.55. The Morgan fingerprint density at radius 3 is 2.74 bits per heavy atom. The van der Waals surface area contributed by atoms with Gasteiger partial charge in [0.05, 0.1) is 12.8 Å². The van der Waals surface area contributed by atoms with Gasteiger partial charge in [-0.25, -0.2) is 4.98 Å². The summed E-state index contributed by atoms with van der Waals surface area (Å²) in [6.07, 6.45) is 2.91. The first-order valence-corrected chi connectivity index (χ1v) is 7.82. The molecule has 0 radical (unpaired) electrons. The molecule has 0 saturated heterocycles. The number of rotatable bonds is 2. The van der Waals surface area contributed by atoms with Crippen LogP contribution < -0.4 is 4.74 Å². The van der Waals surface area contributed by atoms with Crippen molar-refractivity contribution in [1.82, 2.24) is 19.7 Å². The van der Waals surface area contributed by atoms with E-state index in [1.165, 1.54) is 5.56 Å². The fourth-order valence-corrected chi connectivity index (χ4v) is 3.19. The van der Waals surface area contributed by atoms with Gasteiger partial charge in [0.25, 0.3) is 0 Å². The second kappa shape index (κ2) is 5.50. The maximum absolute atomic E-state index is 5.55. The third kappa shape index (κ3) is 2.29. The number of hydrogen-bond donors (Lipinski definition) is 0. The Labute approximate surface area is 135 Å². The van der Waals surface area contributed by atoms with Crippen molar-refractivity contribution in [3.8, 4) is 23.0 Å². The molecule has 0 aliphatic carbocycles. The van der Waals surface area contributed by atoms with Gasteiger partial charge in [-0.1, -0.05) is 12.1 Å². The van der Waals surface area contributed by atoms with Crippen molar-refractivity contribution >= 4 is 0 Å². The van der Waals surface area contributed by atoms with Crippen LogP contribution in [0.4, 0.5) is 0 Å². The van der Waals surface area contributed by atoms with Crippen molar-refractivity contribution in [1.29, 1.82) is 0 Å². The van der Waals surface area contributed by atoms with Gasteiger partial charge in [-0.2, -0.15) is 0 Å². The van der Waals surface area contributed by atoms with E-state index in [9.17, 15) is 0 Å². The standard InChI is InChI=1S/C18H18N4O/c1-12-6-3-8-14(19-12)18-21-20-17-11-4-7-13-15(22(17)18)9-5-10-16(13)23-2/h3,5-6,8-10H,4,7,11H2,1-2H3. The van der Waals surface area contributed by atoms with Crippen LogP contribution >= 0.6 is 0 Å². The van der Waals surface area contributed by atoms with Crippen LogP contribution in [-0.4, -0.2) is 26.9 Å². The summed E-state index contributed by atoms with van der Waals surface area (Å²) in [6.45, 7) is 1.99. The van der Waals surface area contributed by atoms with Gasteiger partial charge in [-0.05, 0) is 44.0 Å². The zero-order chi connectivity index (χ0) is 15.8. The summed E-state index contributed by atoms with van der Waals surface area (Å²) in [5, 5.41) is 8.82. The molecular formula is C18H18N4O. The SMILES string of the molecule is COc1cccc2c1CCCc1nnc(-c3cccc(C)n3)n1-2. The summed E-state index contributed by atoms with van der Waals surface area (Å²) in [4.78, 5) is 4.62. The van der Waals surface area contributed by atoms with Gasteiger partial charge < -0.3 is 4.74 Å². The highest BCUT2D eigenvalue weighted by Crippen LogP contribution is 2.33. The van der Waals surface area contributed by atoms with Gasteiger partial charge in [-0.15, -0.1) is 10.2 Å². The number of ether oxygens (including phenoxy) is 1. The Morgan fingerprint density at radius 2 is 1.91 bits per heavy atom. The molecule has 4 rings (SSSR count). The van der Waals surface area contributed by atoms with Crippen molar-refractivity contribution in [2.24, 2.45) is 0 Å². The molecule has 0 bridgehead atoms. The number of fused-ring (bicyclic) bond motifs is 3. The minimum atomic E-state index is 0.792. The van der Waals surface area contributed by atoms with E-state index in [1.54, 1.807) is 7.11 Å². The Bertz CT molecular complexity index is 869. The van der Waals surface area contributed by atoms with E-state index >= 15 is 0 Å². The van der Waals surface area contributed by atoms with Crippen molar-refractivity contribution < 1.29 is 4.74 Å². The van der Waals surface area contributed by atoms with Gasteiger partial charge in [0, 0.05) is 17.7 Å². The molecule has 0 saturated carbocycles. The van der Waals surface area contributed by atoms with Crippen LogP contribution in [0.25, 0.3) is 17.2 Å². The molecule has 1 aliphatic rings. The van der Waals surface area contributed by atoms with Crippen LogP contribution in [0.2, 0.25) is 0 Å². The molecule has 1 aliphatic heterocycles. The molecule has 5 heteroatoms. The number of aromatic nitrogens is 4. The molecule has 5 nitrogen and oxygen atoms in total. The highest BCUT2D eigenvalue weighted by Gasteiger charge is 2.23. The molecule has 0 unspecified atom stereocenters. The number of nitrogens with zero attached hydrogens (tertiary/aromatic N) is 4. The van der Waals surface area contributed by atoms with E-state index in [0.717, 1.165) is 53.7 Å². The summed E-state index contributed by atoms with van der Waals surface area (Å²) in [7, 11) is 1.72. The lowest BCUT2D eigenvalue weighted by Crippen LogP contribution is -2.05. The summed E-state index contributed by atoms with van der Waals surface area (Å²) in [5.41, 5.74) is 4.13. The van der Waals surface area contributed by atoms with E-state index in [2.05, 4.69) is 25.8 Å². The first-order chi connectivity index (χ1) is 11.3. The summed E-state index contributed by atoms with van der Waals surface area (Å²) in [6, 6.07) is 12.1. The molecule has 0 amide bonds. The average molecular weight is 306 g/mol. The monoisotopic (exact) mass is 306 g/mol. The fraction of sp³-hybridized carbons (Fsp3) is 0.278. The van der Waals surface area contributed by atoms with Gasteiger partial charge in [0.15, 0.2) is 5.82 Å². The smallest absolute Gasteiger partial charge is 0.187 e. The second-order valence-corrected chi connectivity index (χ2v) is 5.75. The number of hydrogen-bond acceptors (Lipinski definition) is 4. The maximum Gasteiger partial charge on any atom is 0.187 e. The summed E-state index contributed by atoms with van der Waals surface area (Å²) < 4.78 is 7.69. The number of pyridine rings is 1. The van der Waals surface area contributed by atoms with Crippen LogP contribution in [0.5, 0.6) is 5.75 Å². The highest BCUT2D eigenvalue weighted by molar-refractivity contribution is 5.59. The largest absolute Gasteiger partial charge is 0.496 e. The van der Waals surface area contributed by atoms with Crippen LogP contribution in [0, 0.1) is 6.92 Å². The molecule has 23 heavy (non-hydrogen) atoms. The minimum absolute atomic E-state index is 0.792. The number of benzene rings is 1. The van der Waals surface area contributed by atoms with Gasteiger partial charge >= 0.3 is 0 Å². The van der Waals surface area contributed by atoms with E-state index in [1.807, 2.05) is 37.3 Å². The van der Waals surface area contributed by atoms with E-state index in [0.29, 0.717) is 0 Å². The predicted octanol–water partition coefficient (Wildman–Crippen LogP) is 3.14. The lowest BCUT2D eigenvalue weighted by molar-refractivity contribution is 0.409. The number of methoxy groups -OCH3 is 1. The second-order valence-electron chi connectivity index (χ2n) is 5.75. The Kier molecular flexibility index (Phi) is 3.33. The van der Waals surface area contributed by atoms with Crippen molar-refractivity contribution in [3.05, 3.63) is 53.5 Å². The van der Waals surface area contributed by atoms with Gasteiger partial charge in [0.2, 0.25) is 0 Å². The van der Waals surface area contributed by atoms with E-state index in [4.69, 9.17) is 4.74 Å². The fourth-order valence-electron chi connectivity index (χ4n) is 3.19. The molecule has 0 N–H and O–H groups in total. The molecule has 3 aromatic rings. The third-order valence-electron chi connectivity index (χ3n) is 4.24. The van der Waals surface area contributed by atoms with Crippen LogP contribution in [-0.2, 0) is 12.8 Å². The van der Waals surface area contributed by atoms with Crippen molar-refractivity contribution in [2.45, 2.75) is 26.2 Å². The predicted molar refractivity (Wildman–Crippen MR) is 87.9 cm³/mol. The summed E-state index contributed by atoms with van der Waals surface area (Å²) in [5.74, 6) is 2.70. The Morgan fingerprint density at radius 1 is 1.04 bits per heavy atom. The topological polar surface area (TPSA) is 52.8 Å². The zero-order valence-corrected chi connectivity index (χ0v) is 13.3. The molecule has 116 valence electrons. The first kappa shape index (κ1) is 13.9. The van der Waals surface area contributed by atoms with E-state index in [-0.39, 0.29) is 0 Å². The van der Waals surface area contributed by atoms with Crippen molar-refractivity contribution in [3.63, 3.8) is 0 Å². The average Bonchev–Trinajstić information content (AvgIpc) is 2.90. The molecular weight excluding hydrogens is 288 g/mol. The van der Waals surface area contributed by atoms with Crippen LogP contribution in [0.3, 0.4) is 0 Å². The first-order valence-electron chi connectivity index (χ1n) is 7.82. The molecule has 2 aromatic heterocycles. The van der Waals surface area contributed by atoms with Crippen LogP contribution in [0.1, 0.15) is 23.5 Å². The van der Waals surface area contributed by atoms with Gasteiger partial charge in [0.1, 0.15) is 17.3 Å². The summed E-state index contributed by atoms with van der Waals surface area (Å²) >= 11 is 0. The molecule has 0 fully saturated rings. The quantitative estimate of drug-likeness (QED) is 0.730.